The summed E-state index contributed by atoms with van der Waals surface area (Å²) in [5, 5.41) is 10.4. The smallest absolute Gasteiger partial charge is 0.269 e. The second-order valence-corrected chi connectivity index (χ2v) is 3.05. The Morgan fingerprint density at radius 3 is 2.25 bits per heavy atom. The first-order chi connectivity index (χ1) is 7.67. The molecule has 0 amide bonds. The van der Waals surface area contributed by atoms with Crippen LogP contribution in [-0.2, 0) is 9.47 Å². The molecule has 0 aromatic heterocycles. The minimum atomic E-state index is -0.430. The first kappa shape index (κ1) is 12.4. The summed E-state index contributed by atoms with van der Waals surface area (Å²) in [4.78, 5) is 9.99. The second-order valence-electron chi connectivity index (χ2n) is 3.05. The maximum absolute atomic E-state index is 10.4. The minimum absolute atomic E-state index is 0.0761. The van der Waals surface area contributed by atoms with Crippen LogP contribution in [0, 0.1) is 10.1 Å². The van der Waals surface area contributed by atoms with Crippen LogP contribution in [0.15, 0.2) is 30.3 Å². The molecule has 0 radical (unpaired) electrons. The van der Waals surface area contributed by atoms with Crippen molar-refractivity contribution in [2.75, 3.05) is 14.2 Å². The van der Waals surface area contributed by atoms with E-state index in [0.717, 1.165) is 5.56 Å². The van der Waals surface area contributed by atoms with Crippen LogP contribution in [-0.4, -0.2) is 25.4 Å². The zero-order valence-corrected chi connectivity index (χ0v) is 9.12. The average Bonchev–Trinajstić information content (AvgIpc) is 2.31. The van der Waals surface area contributed by atoms with E-state index in [0.29, 0.717) is 0 Å². The van der Waals surface area contributed by atoms with Crippen LogP contribution >= 0.6 is 0 Å². The van der Waals surface area contributed by atoms with Crippen LogP contribution in [0.2, 0.25) is 0 Å². The van der Waals surface area contributed by atoms with Gasteiger partial charge >= 0.3 is 0 Å². The largest absolute Gasteiger partial charge is 0.352 e. The first-order valence-electron chi connectivity index (χ1n) is 4.65. The highest BCUT2D eigenvalue weighted by molar-refractivity contribution is 5.51. The Kier molecular flexibility index (Phi) is 4.63. The van der Waals surface area contributed by atoms with Crippen LogP contribution in [0.4, 0.5) is 5.69 Å². The van der Waals surface area contributed by atoms with E-state index in [-0.39, 0.29) is 5.69 Å². The number of nitro groups is 1. The van der Waals surface area contributed by atoms with E-state index in [1.165, 1.54) is 26.4 Å². The Hall–Kier alpha value is -1.72. The predicted octanol–water partition coefficient (Wildman–Crippen LogP) is 2.23. The van der Waals surface area contributed by atoms with Gasteiger partial charge in [-0.1, -0.05) is 6.08 Å². The summed E-state index contributed by atoms with van der Waals surface area (Å²) < 4.78 is 9.93. The van der Waals surface area contributed by atoms with E-state index in [9.17, 15) is 10.1 Å². The lowest BCUT2D eigenvalue weighted by Gasteiger charge is -2.06. The quantitative estimate of drug-likeness (QED) is 0.436. The molecule has 0 saturated heterocycles. The molecule has 86 valence electrons. The Morgan fingerprint density at radius 1 is 1.25 bits per heavy atom. The Labute approximate surface area is 93.4 Å². The number of non-ortho nitro benzene ring substituents is 1. The molecule has 1 rings (SSSR count). The van der Waals surface area contributed by atoms with Gasteiger partial charge in [0.15, 0.2) is 6.29 Å². The minimum Gasteiger partial charge on any atom is -0.352 e. The van der Waals surface area contributed by atoms with Crippen molar-refractivity contribution in [3.8, 4) is 0 Å². The van der Waals surface area contributed by atoms with E-state index in [2.05, 4.69) is 0 Å². The molecule has 0 unspecified atom stereocenters. The van der Waals surface area contributed by atoms with Gasteiger partial charge < -0.3 is 9.47 Å². The number of benzene rings is 1. The van der Waals surface area contributed by atoms with Crippen LogP contribution < -0.4 is 0 Å². The molecular weight excluding hydrogens is 210 g/mol. The molecule has 1 aromatic carbocycles. The lowest BCUT2D eigenvalue weighted by molar-refractivity contribution is -0.384. The first-order valence-corrected chi connectivity index (χ1v) is 4.65. The van der Waals surface area contributed by atoms with Gasteiger partial charge in [-0.05, 0) is 23.8 Å². The standard InChI is InChI=1S/C11H13NO4/c1-15-11(16-2)8-5-9-3-6-10(7-4-9)12(13)14/h3-8,11H,1-2H3/b8-5-. The molecule has 0 fully saturated rings. The van der Waals surface area contributed by atoms with Crippen molar-refractivity contribution in [3.05, 3.63) is 46.0 Å². The number of ether oxygens (including phenoxy) is 2. The number of hydrogen-bond acceptors (Lipinski definition) is 4. The van der Waals surface area contributed by atoms with Gasteiger partial charge in [-0.25, -0.2) is 0 Å². The van der Waals surface area contributed by atoms with Gasteiger partial charge in [0.05, 0.1) is 4.92 Å². The molecule has 0 spiro atoms. The third-order valence-corrected chi connectivity index (χ3v) is 2.01. The fourth-order valence-electron chi connectivity index (χ4n) is 1.15. The van der Waals surface area contributed by atoms with Crippen molar-refractivity contribution in [2.45, 2.75) is 6.29 Å². The van der Waals surface area contributed by atoms with Gasteiger partial charge in [-0.3, -0.25) is 10.1 Å². The Morgan fingerprint density at radius 2 is 1.81 bits per heavy atom. The van der Waals surface area contributed by atoms with E-state index in [1.807, 2.05) is 0 Å². The van der Waals surface area contributed by atoms with Crippen molar-refractivity contribution >= 4 is 11.8 Å². The van der Waals surface area contributed by atoms with Crippen molar-refractivity contribution in [1.82, 2.24) is 0 Å². The van der Waals surface area contributed by atoms with Crippen molar-refractivity contribution in [1.29, 1.82) is 0 Å². The summed E-state index contributed by atoms with van der Waals surface area (Å²) in [5.41, 5.74) is 0.928. The fraction of sp³-hybridized carbons (Fsp3) is 0.273. The number of methoxy groups -OCH3 is 2. The second kappa shape index (κ2) is 5.99. The van der Waals surface area contributed by atoms with Gasteiger partial charge in [-0.2, -0.15) is 0 Å². The Balaban J connectivity index is 2.71. The SMILES string of the molecule is COC(/C=C\c1ccc([N+](=O)[O-])cc1)OC. The van der Waals surface area contributed by atoms with Gasteiger partial charge in [0.25, 0.3) is 5.69 Å². The van der Waals surface area contributed by atoms with Crippen molar-refractivity contribution in [2.24, 2.45) is 0 Å². The molecule has 0 aliphatic carbocycles. The fourth-order valence-corrected chi connectivity index (χ4v) is 1.15. The molecule has 0 saturated carbocycles. The van der Waals surface area contributed by atoms with Gasteiger partial charge in [-0.15, -0.1) is 0 Å². The topological polar surface area (TPSA) is 61.6 Å². The molecule has 0 N–H and O–H groups in total. The maximum Gasteiger partial charge on any atom is 0.269 e. The highest BCUT2D eigenvalue weighted by atomic mass is 16.7. The average molecular weight is 223 g/mol. The van der Waals surface area contributed by atoms with Gasteiger partial charge in [0.2, 0.25) is 0 Å². The molecule has 16 heavy (non-hydrogen) atoms. The number of nitro benzene ring substituents is 1. The number of hydrogen-bond donors (Lipinski definition) is 0. The summed E-state index contributed by atoms with van der Waals surface area (Å²) in [6.07, 6.45) is 3.10. The molecule has 0 atom stereocenters. The zero-order chi connectivity index (χ0) is 12.0. The van der Waals surface area contributed by atoms with E-state index >= 15 is 0 Å². The highest BCUT2D eigenvalue weighted by Gasteiger charge is 2.03. The van der Waals surface area contributed by atoms with Crippen LogP contribution in [0.25, 0.3) is 6.08 Å². The molecular formula is C11H13NO4. The molecule has 5 nitrogen and oxygen atoms in total. The number of rotatable bonds is 5. The van der Waals surface area contributed by atoms with E-state index in [4.69, 9.17) is 9.47 Å². The highest BCUT2D eigenvalue weighted by Crippen LogP contribution is 2.13. The van der Waals surface area contributed by atoms with E-state index in [1.54, 1.807) is 24.3 Å². The van der Waals surface area contributed by atoms with Gasteiger partial charge in [0, 0.05) is 26.4 Å². The lowest BCUT2D eigenvalue weighted by Crippen LogP contribution is -2.08. The summed E-state index contributed by atoms with van der Waals surface area (Å²) in [6, 6.07) is 6.23. The maximum atomic E-state index is 10.4. The van der Waals surface area contributed by atoms with Gasteiger partial charge in [0.1, 0.15) is 0 Å². The van der Waals surface area contributed by atoms with Crippen molar-refractivity contribution < 1.29 is 14.4 Å². The third kappa shape index (κ3) is 3.45. The Bertz CT molecular complexity index is 368. The molecule has 0 heterocycles. The van der Waals surface area contributed by atoms with Crippen LogP contribution in [0.3, 0.4) is 0 Å². The normalized spacial score (nSPS) is 11.2. The monoisotopic (exact) mass is 223 g/mol. The molecule has 0 bridgehead atoms. The summed E-state index contributed by atoms with van der Waals surface area (Å²) in [7, 11) is 3.07. The lowest BCUT2D eigenvalue weighted by atomic mass is 10.2. The molecule has 5 heteroatoms. The third-order valence-electron chi connectivity index (χ3n) is 2.01. The molecule has 0 aliphatic rings. The predicted molar refractivity (Wildman–Crippen MR) is 59.9 cm³/mol. The summed E-state index contributed by atoms with van der Waals surface area (Å²) in [6.45, 7) is 0. The zero-order valence-electron chi connectivity index (χ0n) is 9.12. The summed E-state index contributed by atoms with van der Waals surface area (Å²) >= 11 is 0. The summed E-state index contributed by atoms with van der Waals surface area (Å²) in [5.74, 6) is 0. The molecule has 0 aliphatic heterocycles. The van der Waals surface area contributed by atoms with Crippen LogP contribution in [0.1, 0.15) is 5.56 Å². The molecule has 1 aromatic rings. The number of nitrogens with zero attached hydrogens (tertiary/aromatic N) is 1. The van der Waals surface area contributed by atoms with Crippen LogP contribution in [0.5, 0.6) is 0 Å². The van der Waals surface area contributed by atoms with Crippen molar-refractivity contribution in [3.63, 3.8) is 0 Å². The van der Waals surface area contributed by atoms with E-state index < -0.39 is 11.2 Å².